The first kappa shape index (κ1) is 22.9. The molecule has 0 radical (unpaired) electrons. The summed E-state index contributed by atoms with van der Waals surface area (Å²) in [5.74, 6) is 0.144. The van der Waals surface area contributed by atoms with E-state index in [1.807, 2.05) is 30.3 Å². The lowest BCUT2D eigenvalue weighted by molar-refractivity contribution is 0.00204. The van der Waals surface area contributed by atoms with Crippen molar-refractivity contribution >= 4 is 28.4 Å². The van der Waals surface area contributed by atoms with Crippen LogP contribution in [0.5, 0.6) is 0 Å². The zero-order valence-electron chi connectivity index (χ0n) is 18.9. The number of hydrogen-bond donors (Lipinski definition) is 2. The number of aromatic nitrogens is 1. The van der Waals surface area contributed by atoms with Gasteiger partial charge in [0.25, 0.3) is 0 Å². The molecule has 8 heteroatoms. The molecule has 7 nitrogen and oxygen atoms in total. The van der Waals surface area contributed by atoms with Crippen molar-refractivity contribution < 1.29 is 18.7 Å². The number of pyridine rings is 1. The first-order valence-electron chi connectivity index (χ1n) is 11.1. The maximum Gasteiger partial charge on any atom is 0.412 e. The minimum absolute atomic E-state index is 0.241. The largest absolute Gasteiger partial charge is 0.453 e. The van der Waals surface area contributed by atoms with E-state index in [0.717, 1.165) is 48.0 Å². The summed E-state index contributed by atoms with van der Waals surface area (Å²) in [5.41, 5.74) is 2.22. The van der Waals surface area contributed by atoms with E-state index in [2.05, 4.69) is 32.3 Å². The number of fused-ring (bicyclic) bond motifs is 1. The molecule has 2 aromatic carbocycles. The molecule has 1 aromatic heterocycles. The zero-order chi connectivity index (χ0) is 23.2. The molecule has 0 bridgehead atoms. The highest BCUT2D eigenvalue weighted by Crippen LogP contribution is 2.28. The molecule has 2 N–H and O–H groups in total. The quantitative estimate of drug-likeness (QED) is 0.538. The van der Waals surface area contributed by atoms with Crippen LogP contribution >= 0.6 is 0 Å². The number of likely N-dealkylation sites (tertiary alicyclic amines) is 1. The number of rotatable bonds is 7. The van der Waals surface area contributed by atoms with Crippen LogP contribution in [0, 0.1) is 5.82 Å². The molecule has 1 fully saturated rings. The number of methoxy groups -OCH3 is 1. The molecule has 4 rings (SSSR count). The number of hydrogen-bond acceptors (Lipinski definition) is 6. The van der Waals surface area contributed by atoms with Gasteiger partial charge in [0.1, 0.15) is 11.6 Å². The lowest BCUT2D eigenvalue weighted by Crippen LogP contribution is -2.34. The highest BCUT2D eigenvalue weighted by Gasteiger charge is 2.17. The average Bonchev–Trinajstić information content (AvgIpc) is 2.83. The summed E-state index contributed by atoms with van der Waals surface area (Å²) in [6, 6.07) is 12.7. The number of halogens is 1. The average molecular weight is 453 g/mol. The number of nitrogens with zero attached hydrogens (tertiary/aromatic N) is 2. The van der Waals surface area contributed by atoms with Gasteiger partial charge in [-0.25, -0.2) is 14.2 Å². The van der Waals surface area contributed by atoms with Gasteiger partial charge in [-0.1, -0.05) is 24.3 Å². The summed E-state index contributed by atoms with van der Waals surface area (Å²) < 4.78 is 25.4. The van der Waals surface area contributed by atoms with Crippen LogP contribution in [0.15, 0.2) is 48.7 Å². The molecule has 0 spiro atoms. The van der Waals surface area contributed by atoms with Crippen molar-refractivity contribution in [1.29, 1.82) is 0 Å². The number of anilines is 2. The smallest absolute Gasteiger partial charge is 0.412 e. The van der Waals surface area contributed by atoms with Gasteiger partial charge < -0.3 is 19.7 Å². The summed E-state index contributed by atoms with van der Waals surface area (Å²) in [7, 11) is 3.42. The molecule has 0 saturated carbocycles. The van der Waals surface area contributed by atoms with Crippen LogP contribution in [0.4, 0.5) is 20.7 Å². The zero-order valence-corrected chi connectivity index (χ0v) is 18.9. The van der Waals surface area contributed by atoms with E-state index in [0.29, 0.717) is 24.5 Å². The molecule has 174 valence electrons. The Kier molecular flexibility index (Phi) is 7.36. The van der Waals surface area contributed by atoms with Crippen LogP contribution in [-0.2, 0) is 22.6 Å². The maximum atomic E-state index is 14.8. The predicted octanol–water partition coefficient (Wildman–Crippen LogP) is 4.78. The van der Waals surface area contributed by atoms with Gasteiger partial charge >= 0.3 is 6.09 Å². The number of carbonyl (C=O) groups excluding carboxylic acids is 1. The van der Waals surface area contributed by atoms with Crippen LogP contribution in [0.1, 0.15) is 24.0 Å². The van der Waals surface area contributed by atoms with E-state index in [-0.39, 0.29) is 11.9 Å². The highest BCUT2D eigenvalue weighted by atomic mass is 19.1. The van der Waals surface area contributed by atoms with Crippen molar-refractivity contribution in [2.75, 3.05) is 37.9 Å². The second kappa shape index (κ2) is 10.6. The number of piperidine rings is 1. The summed E-state index contributed by atoms with van der Waals surface area (Å²) in [6.45, 7) is 2.82. The molecular formula is C25H29FN4O3. The second-order valence-electron chi connectivity index (χ2n) is 8.27. The Morgan fingerprint density at radius 3 is 2.76 bits per heavy atom. The Morgan fingerprint density at radius 1 is 1.18 bits per heavy atom. The molecule has 33 heavy (non-hydrogen) atoms. The summed E-state index contributed by atoms with van der Waals surface area (Å²) in [5, 5.41) is 7.54. The first-order valence-corrected chi connectivity index (χ1v) is 11.1. The third-order valence-electron chi connectivity index (χ3n) is 5.95. The summed E-state index contributed by atoms with van der Waals surface area (Å²) in [6.07, 6.45) is 3.29. The molecule has 0 unspecified atom stereocenters. The standard InChI is InChI=1S/C25H29FN4O3/c1-30-12-9-19(10-13-30)33-16-17-6-7-18(22(26)14-17)15-28-23-5-3-4-21-20(23)8-11-27-24(21)29-25(31)32-2/h3-8,11,14,19,28H,9-10,12-13,15-16H2,1-2H3,(H,27,29,31). The Bertz CT molecular complexity index is 1120. The van der Waals surface area contributed by atoms with Gasteiger partial charge in [-0.2, -0.15) is 0 Å². The van der Waals surface area contributed by atoms with Crippen LogP contribution < -0.4 is 10.6 Å². The fourth-order valence-corrected chi connectivity index (χ4v) is 3.99. The molecule has 1 amide bonds. The third-order valence-corrected chi connectivity index (χ3v) is 5.95. The normalized spacial score (nSPS) is 14.9. The number of nitrogens with one attached hydrogen (secondary N) is 2. The fraction of sp³-hybridized carbons (Fsp3) is 0.360. The van der Waals surface area contributed by atoms with Gasteiger partial charge in [0.15, 0.2) is 0 Å². The summed E-state index contributed by atoms with van der Waals surface area (Å²) in [4.78, 5) is 18.1. The van der Waals surface area contributed by atoms with Gasteiger partial charge in [-0.3, -0.25) is 5.32 Å². The van der Waals surface area contributed by atoms with Gasteiger partial charge in [-0.15, -0.1) is 0 Å². The van der Waals surface area contributed by atoms with Gasteiger partial charge in [-0.05, 0) is 43.7 Å². The number of ether oxygens (including phenoxy) is 2. The van der Waals surface area contributed by atoms with Crippen molar-refractivity contribution in [1.82, 2.24) is 9.88 Å². The van der Waals surface area contributed by atoms with Crippen LogP contribution in [0.3, 0.4) is 0 Å². The summed E-state index contributed by atoms with van der Waals surface area (Å²) >= 11 is 0. The predicted molar refractivity (Wildman–Crippen MR) is 127 cm³/mol. The van der Waals surface area contributed by atoms with Crippen LogP contribution in [0.2, 0.25) is 0 Å². The molecule has 1 aliphatic rings. The van der Waals surface area contributed by atoms with Gasteiger partial charge in [0.2, 0.25) is 0 Å². The Balaban J connectivity index is 1.40. The lowest BCUT2D eigenvalue weighted by atomic mass is 10.1. The van der Waals surface area contributed by atoms with E-state index in [9.17, 15) is 9.18 Å². The van der Waals surface area contributed by atoms with Crippen molar-refractivity contribution in [3.8, 4) is 0 Å². The van der Waals surface area contributed by atoms with E-state index >= 15 is 0 Å². The molecule has 0 atom stereocenters. The second-order valence-corrected chi connectivity index (χ2v) is 8.27. The van der Waals surface area contributed by atoms with Crippen molar-refractivity contribution in [3.05, 3.63) is 65.6 Å². The Labute approximate surface area is 192 Å². The number of carbonyl (C=O) groups is 1. The van der Waals surface area contributed by atoms with Crippen molar-refractivity contribution in [2.24, 2.45) is 0 Å². The van der Waals surface area contributed by atoms with E-state index in [4.69, 9.17) is 4.74 Å². The van der Waals surface area contributed by atoms with Crippen LogP contribution in [-0.4, -0.2) is 49.3 Å². The molecule has 1 aliphatic heterocycles. The van der Waals surface area contributed by atoms with Crippen LogP contribution in [0.25, 0.3) is 10.8 Å². The lowest BCUT2D eigenvalue weighted by Gasteiger charge is -2.28. The molecule has 0 aliphatic carbocycles. The topological polar surface area (TPSA) is 75.7 Å². The molecule has 1 saturated heterocycles. The number of benzene rings is 2. The highest BCUT2D eigenvalue weighted by molar-refractivity contribution is 6.03. The SMILES string of the molecule is COC(=O)Nc1nccc2c(NCc3ccc(COC4CCN(C)CC4)cc3F)cccc12. The Hall–Kier alpha value is -3.23. The van der Waals surface area contributed by atoms with Crippen molar-refractivity contribution in [3.63, 3.8) is 0 Å². The van der Waals surface area contributed by atoms with Gasteiger partial charge in [0.05, 0.1) is 19.8 Å². The minimum atomic E-state index is -0.588. The third kappa shape index (κ3) is 5.77. The van der Waals surface area contributed by atoms with E-state index in [1.165, 1.54) is 7.11 Å². The maximum absolute atomic E-state index is 14.8. The Morgan fingerprint density at radius 2 is 2.00 bits per heavy atom. The van der Waals surface area contributed by atoms with E-state index < -0.39 is 6.09 Å². The van der Waals surface area contributed by atoms with E-state index in [1.54, 1.807) is 18.3 Å². The fourth-order valence-electron chi connectivity index (χ4n) is 3.99. The van der Waals surface area contributed by atoms with Gasteiger partial charge in [0, 0.05) is 47.9 Å². The molecule has 3 aromatic rings. The monoisotopic (exact) mass is 452 g/mol. The number of amides is 1. The first-order chi connectivity index (χ1) is 16.0. The van der Waals surface area contributed by atoms with Crippen molar-refractivity contribution in [2.45, 2.75) is 32.1 Å². The molecule has 2 heterocycles. The molecular weight excluding hydrogens is 423 g/mol. The minimum Gasteiger partial charge on any atom is -0.453 e.